The van der Waals surface area contributed by atoms with E-state index in [1.165, 1.54) is 16.7 Å². The van der Waals surface area contributed by atoms with Crippen LogP contribution in [0.25, 0.3) is 0 Å². The number of carboxylic acids is 1. The SMILES string of the molecule is O=C(O)C1CCCc2c(Cl)ccc(=O)n21. The molecule has 0 radical (unpaired) electrons. The standard InChI is InChI=1S/C10H10ClNO3/c11-6-4-5-9(13)12-7(6)2-1-3-8(12)10(14)15/h4-5,8H,1-3H2,(H,14,15). The quantitative estimate of drug-likeness (QED) is 0.790. The molecule has 5 heteroatoms. The summed E-state index contributed by atoms with van der Waals surface area (Å²) >= 11 is 5.93. The van der Waals surface area contributed by atoms with Gasteiger partial charge in [0.15, 0.2) is 0 Å². The van der Waals surface area contributed by atoms with Crippen LogP contribution in [0, 0.1) is 0 Å². The van der Waals surface area contributed by atoms with Crippen LogP contribution >= 0.6 is 11.6 Å². The van der Waals surface area contributed by atoms with Gasteiger partial charge in [-0.15, -0.1) is 0 Å². The summed E-state index contributed by atoms with van der Waals surface area (Å²) in [5, 5.41) is 9.47. The average Bonchev–Trinajstić information content (AvgIpc) is 2.23. The van der Waals surface area contributed by atoms with Gasteiger partial charge in [0.1, 0.15) is 6.04 Å². The van der Waals surface area contributed by atoms with E-state index in [0.29, 0.717) is 23.6 Å². The summed E-state index contributed by atoms with van der Waals surface area (Å²) in [7, 11) is 0. The molecular formula is C10H10ClNO3. The largest absolute Gasteiger partial charge is 0.480 e. The monoisotopic (exact) mass is 227 g/mol. The minimum Gasteiger partial charge on any atom is -0.480 e. The maximum absolute atomic E-state index is 11.6. The second-order valence-corrected chi connectivity index (χ2v) is 3.99. The van der Waals surface area contributed by atoms with Crippen molar-refractivity contribution in [1.82, 2.24) is 4.57 Å². The predicted octanol–water partition coefficient (Wildman–Crippen LogP) is 1.46. The van der Waals surface area contributed by atoms with Crippen LogP contribution in [0.4, 0.5) is 0 Å². The number of halogens is 1. The summed E-state index contributed by atoms with van der Waals surface area (Å²) in [6.45, 7) is 0. The fourth-order valence-electron chi connectivity index (χ4n) is 1.98. The van der Waals surface area contributed by atoms with Gasteiger partial charge in [-0.25, -0.2) is 4.79 Å². The first-order valence-corrected chi connectivity index (χ1v) is 5.12. The lowest BCUT2D eigenvalue weighted by atomic mass is 10.0. The fraction of sp³-hybridized carbons (Fsp3) is 0.400. The van der Waals surface area contributed by atoms with Crippen LogP contribution in [0.2, 0.25) is 5.02 Å². The second-order valence-electron chi connectivity index (χ2n) is 3.58. The van der Waals surface area contributed by atoms with Gasteiger partial charge in [0.25, 0.3) is 5.56 Å². The molecule has 0 spiro atoms. The Balaban J connectivity index is 2.65. The van der Waals surface area contributed by atoms with Crippen molar-refractivity contribution in [2.45, 2.75) is 25.3 Å². The first kappa shape index (κ1) is 10.2. The molecule has 1 atom stereocenters. The summed E-state index contributed by atoms with van der Waals surface area (Å²) in [5.41, 5.74) is 0.351. The van der Waals surface area contributed by atoms with Crippen molar-refractivity contribution in [3.8, 4) is 0 Å². The number of hydrogen-bond acceptors (Lipinski definition) is 2. The first-order valence-electron chi connectivity index (χ1n) is 4.74. The van der Waals surface area contributed by atoms with Gasteiger partial charge in [-0.05, 0) is 25.3 Å². The van der Waals surface area contributed by atoms with Crippen molar-refractivity contribution in [1.29, 1.82) is 0 Å². The molecule has 1 aromatic heterocycles. The van der Waals surface area contributed by atoms with E-state index < -0.39 is 12.0 Å². The summed E-state index contributed by atoms with van der Waals surface area (Å²) in [5.74, 6) is -0.972. The number of fused-ring (bicyclic) bond motifs is 1. The molecule has 0 aromatic carbocycles. The van der Waals surface area contributed by atoms with E-state index >= 15 is 0 Å². The van der Waals surface area contributed by atoms with Crippen molar-refractivity contribution >= 4 is 17.6 Å². The lowest BCUT2D eigenvalue weighted by Crippen LogP contribution is -2.34. The summed E-state index contributed by atoms with van der Waals surface area (Å²) < 4.78 is 1.30. The summed E-state index contributed by atoms with van der Waals surface area (Å²) in [6, 6.07) is 2.08. The van der Waals surface area contributed by atoms with Gasteiger partial charge in [-0.1, -0.05) is 11.6 Å². The third-order valence-corrected chi connectivity index (χ3v) is 3.01. The molecule has 1 aromatic rings. The highest BCUT2D eigenvalue weighted by molar-refractivity contribution is 6.31. The van der Waals surface area contributed by atoms with E-state index in [2.05, 4.69) is 0 Å². The van der Waals surface area contributed by atoms with Gasteiger partial charge in [0.2, 0.25) is 0 Å². The molecule has 1 aliphatic rings. The van der Waals surface area contributed by atoms with Crippen molar-refractivity contribution < 1.29 is 9.90 Å². The highest BCUT2D eigenvalue weighted by Gasteiger charge is 2.27. The van der Waals surface area contributed by atoms with Gasteiger partial charge in [-0.2, -0.15) is 0 Å². The zero-order chi connectivity index (χ0) is 11.0. The number of carboxylic acid groups (broad SMARTS) is 1. The molecule has 0 amide bonds. The van der Waals surface area contributed by atoms with E-state index in [1.807, 2.05) is 0 Å². The topological polar surface area (TPSA) is 59.3 Å². The molecule has 80 valence electrons. The molecule has 1 aliphatic heterocycles. The maximum atomic E-state index is 11.6. The summed E-state index contributed by atoms with van der Waals surface area (Å²) in [6.07, 6.45) is 1.90. The molecule has 0 saturated heterocycles. The van der Waals surface area contributed by atoms with Gasteiger partial charge < -0.3 is 5.11 Å². The average molecular weight is 228 g/mol. The van der Waals surface area contributed by atoms with Crippen LogP contribution in [0.3, 0.4) is 0 Å². The van der Waals surface area contributed by atoms with E-state index in [0.717, 1.165) is 6.42 Å². The van der Waals surface area contributed by atoms with Gasteiger partial charge in [-0.3, -0.25) is 9.36 Å². The third kappa shape index (κ3) is 1.65. The van der Waals surface area contributed by atoms with Crippen LogP contribution in [-0.2, 0) is 11.2 Å². The lowest BCUT2D eigenvalue weighted by Gasteiger charge is -2.25. The number of aromatic nitrogens is 1. The van der Waals surface area contributed by atoms with Crippen LogP contribution in [0.15, 0.2) is 16.9 Å². The predicted molar refractivity (Wildman–Crippen MR) is 55.3 cm³/mol. The molecule has 0 fully saturated rings. The zero-order valence-electron chi connectivity index (χ0n) is 7.94. The Labute approximate surface area is 91.1 Å². The highest BCUT2D eigenvalue weighted by Crippen LogP contribution is 2.27. The van der Waals surface area contributed by atoms with Crippen LogP contribution < -0.4 is 5.56 Å². The summed E-state index contributed by atoms with van der Waals surface area (Å²) in [4.78, 5) is 22.5. The Morgan fingerprint density at radius 2 is 2.27 bits per heavy atom. The normalized spacial score (nSPS) is 19.7. The number of carbonyl (C=O) groups is 1. The molecule has 1 unspecified atom stereocenters. The third-order valence-electron chi connectivity index (χ3n) is 2.66. The molecule has 2 heterocycles. The molecule has 0 saturated carbocycles. The zero-order valence-corrected chi connectivity index (χ0v) is 8.70. The Bertz CT molecular complexity index is 466. The van der Waals surface area contributed by atoms with Crippen molar-refractivity contribution in [2.75, 3.05) is 0 Å². The van der Waals surface area contributed by atoms with Crippen molar-refractivity contribution in [2.24, 2.45) is 0 Å². The fourth-order valence-corrected chi connectivity index (χ4v) is 2.23. The van der Waals surface area contributed by atoms with Crippen molar-refractivity contribution in [3.05, 3.63) is 33.2 Å². The van der Waals surface area contributed by atoms with Gasteiger partial charge >= 0.3 is 5.97 Å². The molecule has 4 nitrogen and oxygen atoms in total. The minimum atomic E-state index is -0.972. The molecule has 0 aliphatic carbocycles. The number of nitrogens with zero attached hydrogens (tertiary/aromatic N) is 1. The van der Waals surface area contributed by atoms with Crippen LogP contribution in [-0.4, -0.2) is 15.6 Å². The molecule has 2 rings (SSSR count). The number of hydrogen-bond donors (Lipinski definition) is 1. The molecule has 1 N–H and O–H groups in total. The Kier molecular flexibility index (Phi) is 2.52. The van der Waals surface area contributed by atoms with Crippen molar-refractivity contribution in [3.63, 3.8) is 0 Å². The lowest BCUT2D eigenvalue weighted by molar-refractivity contribution is -0.141. The Hall–Kier alpha value is -1.29. The van der Waals surface area contributed by atoms with E-state index in [1.54, 1.807) is 0 Å². The molecule has 15 heavy (non-hydrogen) atoms. The minimum absolute atomic E-state index is 0.290. The molecular weight excluding hydrogens is 218 g/mol. The maximum Gasteiger partial charge on any atom is 0.326 e. The number of rotatable bonds is 1. The van der Waals surface area contributed by atoms with Gasteiger partial charge in [0.05, 0.1) is 5.02 Å². The van der Waals surface area contributed by atoms with E-state index in [-0.39, 0.29) is 5.56 Å². The van der Waals surface area contributed by atoms with E-state index in [9.17, 15) is 9.59 Å². The second kappa shape index (κ2) is 3.70. The number of pyridine rings is 1. The number of aliphatic carboxylic acids is 1. The first-order chi connectivity index (χ1) is 7.11. The highest BCUT2D eigenvalue weighted by atomic mass is 35.5. The van der Waals surface area contributed by atoms with Crippen LogP contribution in [0.5, 0.6) is 0 Å². The van der Waals surface area contributed by atoms with Crippen LogP contribution in [0.1, 0.15) is 24.6 Å². The Morgan fingerprint density at radius 1 is 1.53 bits per heavy atom. The van der Waals surface area contributed by atoms with Gasteiger partial charge in [0, 0.05) is 11.8 Å². The van der Waals surface area contributed by atoms with E-state index in [4.69, 9.17) is 16.7 Å². The smallest absolute Gasteiger partial charge is 0.326 e. The Morgan fingerprint density at radius 3 is 2.93 bits per heavy atom. The molecule has 0 bridgehead atoms.